The number of ether oxygens (including phenoxy) is 2. The fraction of sp³-hybridized carbons (Fsp3) is 0.643. The third-order valence-electron chi connectivity index (χ3n) is 5.74. The number of nitrogens with one attached hydrogen (secondary N) is 2. The van der Waals surface area contributed by atoms with Crippen LogP contribution in [0.4, 0.5) is 10.5 Å². The van der Waals surface area contributed by atoms with Crippen LogP contribution in [0.25, 0.3) is 0 Å². The first-order valence-electron chi connectivity index (χ1n) is 13.0. The molecule has 0 saturated carbocycles. The van der Waals surface area contributed by atoms with Gasteiger partial charge in [0.1, 0.15) is 29.3 Å². The Kier molecular flexibility index (Phi) is 10.7. The molecule has 212 valence electrons. The van der Waals surface area contributed by atoms with E-state index in [2.05, 4.69) is 10.6 Å². The molecule has 0 aromatic heterocycles. The van der Waals surface area contributed by atoms with E-state index in [-0.39, 0.29) is 12.3 Å². The molecule has 0 aliphatic carbocycles. The summed E-state index contributed by atoms with van der Waals surface area (Å²) in [4.78, 5) is 54.5. The summed E-state index contributed by atoms with van der Waals surface area (Å²) in [5, 5.41) is 5.53. The molecule has 9 nitrogen and oxygen atoms in total. The van der Waals surface area contributed by atoms with E-state index in [0.717, 1.165) is 5.56 Å². The van der Waals surface area contributed by atoms with Gasteiger partial charge >= 0.3 is 12.1 Å². The van der Waals surface area contributed by atoms with Crippen molar-refractivity contribution in [2.24, 2.45) is 5.92 Å². The topological polar surface area (TPSA) is 114 Å². The van der Waals surface area contributed by atoms with Crippen molar-refractivity contribution in [2.75, 3.05) is 16.9 Å². The van der Waals surface area contributed by atoms with Gasteiger partial charge in [0.15, 0.2) is 0 Å². The predicted molar refractivity (Wildman–Crippen MR) is 150 cm³/mol. The van der Waals surface area contributed by atoms with Crippen molar-refractivity contribution >= 4 is 41.3 Å². The van der Waals surface area contributed by atoms with Gasteiger partial charge in [0.05, 0.1) is 0 Å². The minimum absolute atomic E-state index is 0.275. The Morgan fingerprint density at radius 1 is 1.00 bits per heavy atom. The second-order valence-corrected chi connectivity index (χ2v) is 12.8. The maximum absolute atomic E-state index is 13.9. The van der Waals surface area contributed by atoms with Crippen LogP contribution >= 0.6 is 11.8 Å². The highest BCUT2D eigenvalue weighted by Crippen LogP contribution is 2.33. The lowest BCUT2D eigenvalue weighted by Crippen LogP contribution is -2.58. The van der Waals surface area contributed by atoms with Gasteiger partial charge in [-0.1, -0.05) is 32.0 Å². The average Bonchev–Trinajstić information content (AvgIpc) is 3.17. The Morgan fingerprint density at radius 3 is 2.16 bits per heavy atom. The second kappa shape index (κ2) is 12.9. The molecule has 10 heteroatoms. The minimum atomic E-state index is -0.926. The summed E-state index contributed by atoms with van der Waals surface area (Å²) in [6.45, 7) is 14.2. The minimum Gasteiger partial charge on any atom is -0.458 e. The van der Waals surface area contributed by atoms with Crippen LogP contribution in [0, 0.1) is 5.92 Å². The molecule has 1 aromatic carbocycles. The van der Waals surface area contributed by atoms with Gasteiger partial charge in [0.2, 0.25) is 5.91 Å². The number of hydrogen-bond acceptors (Lipinski definition) is 7. The van der Waals surface area contributed by atoms with E-state index < -0.39 is 53.2 Å². The number of amides is 3. The molecule has 0 fully saturated rings. The van der Waals surface area contributed by atoms with Crippen molar-refractivity contribution in [2.45, 2.75) is 97.6 Å². The van der Waals surface area contributed by atoms with Crippen LogP contribution in [0.2, 0.25) is 0 Å². The quantitative estimate of drug-likeness (QED) is 0.446. The molecule has 38 heavy (non-hydrogen) atoms. The average molecular weight is 550 g/mol. The molecule has 0 unspecified atom stereocenters. The van der Waals surface area contributed by atoms with Crippen LogP contribution in [0.5, 0.6) is 0 Å². The number of para-hydroxylation sites is 1. The third kappa shape index (κ3) is 8.92. The van der Waals surface area contributed by atoms with Crippen molar-refractivity contribution in [1.82, 2.24) is 10.6 Å². The molecular weight excluding hydrogens is 506 g/mol. The van der Waals surface area contributed by atoms with Gasteiger partial charge in [-0.25, -0.2) is 9.59 Å². The number of alkyl carbamates (subject to hydrolysis) is 1. The summed E-state index contributed by atoms with van der Waals surface area (Å²) in [6, 6.07) is 4.63. The Morgan fingerprint density at radius 2 is 1.61 bits per heavy atom. The zero-order chi connectivity index (χ0) is 28.8. The monoisotopic (exact) mass is 549 g/mol. The highest BCUT2D eigenvalue weighted by molar-refractivity contribution is 7.98. The maximum Gasteiger partial charge on any atom is 0.408 e. The number of anilines is 1. The Balaban J connectivity index is 2.35. The SMILES string of the molecule is CSCC[C@H](NC(=O)[C@@H]1Cc2ccccc2N1C(=O)[C@@H](NC(=O)OC(C)(C)C)C(C)C)C(=O)OC(C)(C)C. The van der Waals surface area contributed by atoms with E-state index in [1.807, 2.05) is 32.2 Å². The van der Waals surface area contributed by atoms with Crippen LogP contribution in [-0.2, 0) is 30.3 Å². The number of fused-ring (bicyclic) bond motifs is 1. The van der Waals surface area contributed by atoms with E-state index in [1.165, 1.54) is 4.90 Å². The third-order valence-corrected chi connectivity index (χ3v) is 6.38. The van der Waals surface area contributed by atoms with Crippen LogP contribution in [0.15, 0.2) is 24.3 Å². The number of hydrogen-bond donors (Lipinski definition) is 2. The Hall–Kier alpha value is -2.75. The van der Waals surface area contributed by atoms with Crippen LogP contribution in [-0.4, -0.2) is 65.2 Å². The van der Waals surface area contributed by atoms with E-state index in [1.54, 1.807) is 65.4 Å². The van der Waals surface area contributed by atoms with E-state index in [4.69, 9.17) is 9.47 Å². The molecule has 0 bridgehead atoms. The largest absolute Gasteiger partial charge is 0.458 e. The van der Waals surface area contributed by atoms with E-state index >= 15 is 0 Å². The van der Waals surface area contributed by atoms with Gasteiger partial charge in [-0.05, 0) is 77.5 Å². The first-order valence-corrected chi connectivity index (χ1v) is 14.4. The number of benzene rings is 1. The normalized spacial score (nSPS) is 16.9. The molecule has 3 amide bonds. The lowest BCUT2D eigenvalue weighted by molar-refractivity contribution is -0.158. The zero-order valence-corrected chi connectivity index (χ0v) is 24.9. The zero-order valence-electron chi connectivity index (χ0n) is 24.0. The number of thioether (sulfide) groups is 1. The number of carbonyl (C=O) groups excluding carboxylic acids is 4. The summed E-state index contributed by atoms with van der Waals surface area (Å²) >= 11 is 1.56. The molecule has 1 aliphatic heterocycles. The summed E-state index contributed by atoms with van der Waals surface area (Å²) < 4.78 is 10.9. The number of rotatable bonds is 9. The second-order valence-electron chi connectivity index (χ2n) is 11.8. The molecule has 1 aromatic rings. The van der Waals surface area contributed by atoms with Crippen molar-refractivity contribution in [1.29, 1.82) is 0 Å². The first-order chi connectivity index (χ1) is 17.5. The Bertz CT molecular complexity index is 1010. The van der Waals surface area contributed by atoms with E-state index in [9.17, 15) is 19.2 Å². The van der Waals surface area contributed by atoms with E-state index in [0.29, 0.717) is 17.9 Å². The highest BCUT2D eigenvalue weighted by atomic mass is 32.2. The van der Waals surface area contributed by atoms with Gasteiger partial charge < -0.3 is 20.1 Å². The standard InChI is InChI=1S/C28H43N3O6S/c1-17(2)22(30-26(35)37-28(6,7)8)24(33)31-20-13-11-10-12-18(20)16-21(31)23(32)29-19(14-15-38-9)25(34)36-27(3,4)5/h10-13,17,19,21-22H,14-16H2,1-9H3,(H,29,32)(H,30,35)/t19-,21-,22-/m0/s1. The Labute approximate surface area is 230 Å². The summed E-state index contributed by atoms with van der Waals surface area (Å²) in [6.07, 6.45) is 1.89. The molecule has 2 N–H and O–H groups in total. The summed E-state index contributed by atoms with van der Waals surface area (Å²) in [5.74, 6) is -1.02. The highest BCUT2D eigenvalue weighted by Gasteiger charge is 2.43. The van der Waals surface area contributed by atoms with Crippen LogP contribution in [0.3, 0.4) is 0 Å². The van der Waals surface area contributed by atoms with Crippen molar-refractivity contribution in [3.05, 3.63) is 29.8 Å². The fourth-order valence-electron chi connectivity index (χ4n) is 4.09. The molecule has 1 heterocycles. The summed E-state index contributed by atoms with van der Waals surface area (Å²) in [7, 11) is 0. The van der Waals surface area contributed by atoms with Gasteiger partial charge in [-0.2, -0.15) is 11.8 Å². The lowest BCUT2D eigenvalue weighted by Gasteiger charge is -2.32. The molecular formula is C28H43N3O6S. The van der Waals surface area contributed by atoms with Gasteiger partial charge in [-0.3, -0.25) is 14.5 Å². The van der Waals surface area contributed by atoms with Gasteiger partial charge in [0.25, 0.3) is 5.91 Å². The molecule has 0 saturated heterocycles. The molecule has 3 atom stereocenters. The predicted octanol–water partition coefficient (Wildman–Crippen LogP) is 4.07. The van der Waals surface area contributed by atoms with Gasteiger partial charge in [0, 0.05) is 12.1 Å². The number of carbonyl (C=O) groups is 4. The summed E-state index contributed by atoms with van der Waals surface area (Å²) in [5.41, 5.74) is -0.000853. The fourth-order valence-corrected chi connectivity index (χ4v) is 4.56. The molecule has 0 radical (unpaired) electrons. The van der Waals surface area contributed by atoms with Crippen molar-refractivity contribution in [3.8, 4) is 0 Å². The van der Waals surface area contributed by atoms with Gasteiger partial charge in [-0.15, -0.1) is 0 Å². The first kappa shape index (κ1) is 31.5. The smallest absolute Gasteiger partial charge is 0.408 e. The maximum atomic E-state index is 13.9. The number of esters is 1. The van der Waals surface area contributed by atoms with Crippen molar-refractivity contribution in [3.63, 3.8) is 0 Å². The van der Waals surface area contributed by atoms with Crippen molar-refractivity contribution < 1.29 is 28.7 Å². The van der Waals surface area contributed by atoms with Crippen LogP contribution in [0.1, 0.15) is 67.4 Å². The lowest BCUT2D eigenvalue weighted by atomic mass is 10.0. The molecule has 1 aliphatic rings. The molecule has 2 rings (SSSR count). The number of nitrogens with zero attached hydrogens (tertiary/aromatic N) is 1. The van der Waals surface area contributed by atoms with Crippen LogP contribution < -0.4 is 15.5 Å². The molecule has 0 spiro atoms.